The first-order valence-corrected chi connectivity index (χ1v) is 11.7. The molecule has 188 valence electrons. The number of carbonyl (C=O) groups excluding carboxylic acids is 1. The number of benzene rings is 2. The molecule has 2 aromatic rings. The summed E-state index contributed by atoms with van der Waals surface area (Å²) in [6.07, 6.45) is -8.68. The van der Waals surface area contributed by atoms with Crippen LogP contribution in [0.15, 0.2) is 57.5 Å². The SMILES string of the molecule is CC(C)(C)OC(=O)N(C(CO)(c1cccc(Br)c1)C(F)F)C(CO)(c1cccc(Br)c1)C(F)F. The van der Waals surface area contributed by atoms with Crippen molar-refractivity contribution in [3.8, 4) is 0 Å². The van der Waals surface area contributed by atoms with Gasteiger partial charge in [0.05, 0.1) is 13.2 Å². The Morgan fingerprint density at radius 3 is 1.53 bits per heavy atom. The molecule has 0 aliphatic heterocycles. The minimum atomic E-state index is -3.56. The molecule has 0 radical (unpaired) electrons. The molecule has 0 saturated carbocycles. The molecule has 0 saturated heterocycles. The highest BCUT2D eigenvalue weighted by Crippen LogP contribution is 2.47. The number of hydrogen-bond acceptors (Lipinski definition) is 4. The van der Waals surface area contributed by atoms with Crippen LogP contribution in [0.5, 0.6) is 0 Å². The second-order valence-electron chi connectivity index (χ2n) is 8.60. The van der Waals surface area contributed by atoms with Crippen LogP contribution in [-0.2, 0) is 15.8 Å². The first kappa shape index (κ1) is 28.5. The van der Waals surface area contributed by atoms with Crippen molar-refractivity contribution in [2.24, 2.45) is 0 Å². The fourth-order valence-electron chi connectivity index (χ4n) is 3.67. The van der Waals surface area contributed by atoms with Gasteiger partial charge in [-0.15, -0.1) is 0 Å². The number of carbonyl (C=O) groups is 1. The number of aliphatic hydroxyl groups is 2. The second kappa shape index (κ2) is 10.9. The molecular weight excluding hydrogens is 590 g/mol. The standard InChI is InChI=1S/C23H25Br2F4NO4/c1-21(2,3)34-20(33)30(22(12-31,18(26)27)14-6-4-8-16(24)10-14)23(13-32,19(28)29)15-7-5-9-17(25)11-15/h4-11,18-19,31-32H,12-13H2,1-3H3. The van der Waals surface area contributed by atoms with Gasteiger partial charge in [-0.05, 0) is 56.2 Å². The molecule has 2 rings (SSSR count). The van der Waals surface area contributed by atoms with Gasteiger partial charge in [0.15, 0.2) is 11.1 Å². The maximum absolute atomic E-state index is 15.0. The van der Waals surface area contributed by atoms with Gasteiger partial charge >= 0.3 is 6.09 Å². The highest BCUT2D eigenvalue weighted by atomic mass is 79.9. The van der Waals surface area contributed by atoms with Crippen LogP contribution < -0.4 is 0 Å². The van der Waals surface area contributed by atoms with Crippen LogP contribution in [0, 0.1) is 0 Å². The molecule has 2 aromatic carbocycles. The van der Waals surface area contributed by atoms with Crippen molar-refractivity contribution in [2.45, 2.75) is 50.3 Å². The molecule has 0 aliphatic carbocycles. The Labute approximate surface area is 212 Å². The Bertz CT molecular complexity index is 939. The monoisotopic (exact) mass is 613 g/mol. The first-order valence-electron chi connectivity index (χ1n) is 10.1. The van der Waals surface area contributed by atoms with Crippen LogP contribution >= 0.6 is 31.9 Å². The summed E-state index contributed by atoms with van der Waals surface area (Å²) < 4.78 is 65.8. The van der Waals surface area contributed by atoms with Crippen LogP contribution in [0.3, 0.4) is 0 Å². The zero-order chi connectivity index (χ0) is 25.9. The lowest BCUT2D eigenvalue weighted by Gasteiger charge is -2.52. The molecule has 2 atom stereocenters. The van der Waals surface area contributed by atoms with Gasteiger partial charge in [0.1, 0.15) is 5.60 Å². The lowest BCUT2D eigenvalue weighted by molar-refractivity contribution is -0.178. The minimum Gasteiger partial charge on any atom is -0.444 e. The van der Waals surface area contributed by atoms with Gasteiger partial charge in [-0.25, -0.2) is 22.4 Å². The van der Waals surface area contributed by atoms with E-state index in [-0.39, 0.29) is 16.0 Å². The summed E-state index contributed by atoms with van der Waals surface area (Å²) in [7, 11) is 0. The van der Waals surface area contributed by atoms with E-state index in [0.29, 0.717) is 8.95 Å². The van der Waals surface area contributed by atoms with Gasteiger partial charge < -0.3 is 14.9 Å². The maximum atomic E-state index is 15.0. The van der Waals surface area contributed by atoms with E-state index in [1.54, 1.807) is 0 Å². The second-order valence-corrected chi connectivity index (χ2v) is 10.4. The molecular formula is C23H25Br2F4NO4. The summed E-state index contributed by atoms with van der Waals surface area (Å²) in [6, 6.07) is 10.5. The number of aliphatic hydroxyl groups excluding tert-OH is 2. The van der Waals surface area contributed by atoms with Crippen molar-refractivity contribution in [3.05, 3.63) is 68.6 Å². The molecule has 2 unspecified atom stereocenters. The third-order valence-electron chi connectivity index (χ3n) is 5.23. The van der Waals surface area contributed by atoms with E-state index in [1.165, 1.54) is 69.3 Å². The molecule has 0 aromatic heterocycles. The lowest BCUT2D eigenvalue weighted by Crippen LogP contribution is -2.68. The zero-order valence-electron chi connectivity index (χ0n) is 18.6. The molecule has 5 nitrogen and oxygen atoms in total. The molecule has 0 heterocycles. The highest BCUT2D eigenvalue weighted by molar-refractivity contribution is 9.10. The van der Waals surface area contributed by atoms with Crippen LogP contribution in [0.25, 0.3) is 0 Å². The molecule has 1 amide bonds. The third kappa shape index (κ3) is 5.42. The zero-order valence-corrected chi connectivity index (χ0v) is 21.8. The Balaban J connectivity index is 3.04. The maximum Gasteiger partial charge on any atom is 0.412 e. The van der Waals surface area contributed by atoms with Gasteiger partial charge in [-0.2, -0.15) is 0 Å². The number of amides is 1. The lowest BCUT2D eigenvalue weighted by atomic mass is 9.80. The largest absolute Gasteiger partial charge is 0.444 e. The number of alkyl halides is 4. The minimum absolute atomic E-state index is 0.101. The van der Waals surface area contributed by atoms with Crippen molar-refractivity contribution < 1.29 is 37.3 Å². The number of nitrogens with zero attached hydrogens (tertiary/aromatic N) is 1. The molecule has 0 fully saturated rings. The number of hydrogen-bond donors (Lipinski definition) is 2. The van der Waals surface area contributed by atoms with Gasteiger partial charge in [0.25, 0.3) is 12.9 Å². The summed E-state index contributed by atoms with van der Waals surface area (Å²) in [5.74, 6) is 0. The molecule has 0 aliphatic rings. The summed E-state index contributed by atoms with van der Waals surface area (Å²) >= 11 is 6.31. The van der Waals surface area contributed by atoms with E-state index in [9.17, 15) is 32.6 Å². The third-order valence-corrected chi connectivity index (χ3v) is 6.21. The van der Waals surface area contributed by atoms with Crippen LogP contribution in [0.4, 0.5) is 22.4 Å². The van der Waals surface area contributed by atoms with Crippen LogP contribution in [-0.4, -0.2) is 52.9 Å². The summed E-state index contributed by atoms with van der Waals surface area (Å²) in [5.41, 5.74) is -7.95. The van der Waals surface area contributed by atoms with Crippen molar-refractivity contribution in [1.82, 2.24) is 4.90 Å². The topological polar surface area (TPSA) is 70.0 Å². The van der Waals surface area contributed by atoms with Gasteiger partial charge in [-0.3, -0.25) is 4.90 Å². The van der Waals surface area contributed by atoms with E-state index in [4.69, 9.17) is 4.74 Å². The number of rotatable bonds is 8. The number of halogens is 6. The predicted molar refractivity (Wildman–Crippen MR) is 126 cm³/mol. The van der Waals surface area contributed by atoms with Crippen molar-refractivity contribution in [3.63, 3.8) is 0 Å². The smallest absolute Gasteiger partial charge is 0.412 e. The summed E-state index contributed by atoms with van der Waals surface area (Å²) in [6.45, 7) is 1.43. The molecule has 11 heteroatoms. The van der Waals surface area contributed by atoms with E-state index < -0.39 is 48.8 Å². The first-order chi connectivity index (χ1) is 15.8. The fourth-order valence-corrected chi connectivity index (χ4v) is 4.47. The predicted octanol–water partition coefficient (Wildman–Crippen LogP) is 6.05. The summed E-state index contributed by atoms with van der Waals surface area (Å²) in [4.78, 5) is 13.6. The number of ether oxygens (including phenoxy) is 1. The van der Waals surface area contributed by atoms with Gasteiger partial charge in [-0.1, -0.05) is 56.1 Å². The van der Waals surface area contributed by atoms with Gasteiger partial charge in [0, 0.05) is 8.95 Å². The van der Waals surface area contributed by atoms with Gasteiger partial charge in [0.2, 0.25) is 0 Å². The van der Waals surface area contributed by atoms with Crippen molar-refractivity contribution in [1.29, 1.82) is 0 Å². The van der Waals surface area contributed by atoms with Crippen molar-refractivity contribution >= 4 is 38.0 Å². The Morgan fingerprint density at radius 1 is 0.882 bits per heavy atom. The van der Waals surface area contributed by atoms with E-state index in [0.717, 1.165) is 0 Å². The molecule has 0 bridgehead atoms. The Kier molecular flexibility index (Phi) is 9.17. The fraction of sp³-hybridized carbons (Fsp3) is 0.435. The van der Waals surface area contributed by atoms with E-state index in [2.05, 4.69) is 31.9 Å². The molecule has 2 N–H and O–H groups in total. The van der Waals surface area contributed by atoms with Crippen molar-refractivity contribution in [2.75, 3.05) is 13.2 Å². The van der Waals surface area contributed by atoms with Crippen LogP contribution in [0.2, 0.25) is 0 Å². The van der Waals surface area contributed by atoms with Crippen LogP contribution in [0.1, 0.15) is 31.9 Å². The average molecular weight is 615 g/mol. The summed E-state index contributed by atoms with van der Waals surface area (Å²) in [5, 5.41) is 20.7. The highest BCUT2D eigenvalue weighted by Gasteiger charge is 2.62. The van der Waals surface area contributed by atoms with E-state index in [1.807, 2.05) is 0 Å². The quantitative estimate of drug-likeness (QED) is 0.355. The normalized spacial score (nSPS) is 15.7. The average Bonchev–Trinajstić information content (AvgIpc) is 2.72. The molecule has 34 heavy (non-hydrogen) atoms. The van der Waals surface area contributed by atoms with E-state index >= 15 is 0 Å². The Morgan fingerprint density at radius 2 is 1.26 bits per heavy atom. The Hall–Kier alpha value is -1.69. The molecule has 0 spiro atoms.